The number of halogens is 4. The Morgan fingerprint density at radius 1 is 1.06 bits per heavy atom. The number of sulfonamides is 1. The molecule has 2 fully saturated rings. The van der Waals surface area contributed by atoms with E-state index in [1.807, 2.05) is 0 Å². The predicted octanol–water partition coefficient (Wildman–Crippen LogP) is 6.26. The van der Waals surface area contributed by atoms with Gasteiger partial charge in [0.05, 0.1) is 34.6 Å². The van der Waals surface area contributed by atoms with E-state index in [-0.39, 0.29) is 39.9 Å². The maximum absolute atomic E-state index is 14.1. The monoisotopic (exact) mass is 712 g/mol. The highest BCUT2D eigenvalue weighted by molar-refractivity contribution is 7.90. The molecule has 0 atom stereocenters. The summed E-state index contributed by atoms with van der Waals surface area (Å²) in [7, 11) is -3.32. The molecule has 262 valence electrons. The molecule has 0 unspecified atom stereocenters. The third-order valence-electron chi connectivity index (χ3n) is 9.02. The number of alkyl halides is 2. The van der Waals surface area contributed by atoms with Crippen molar-refractivity contribution in [3.63, 3.8) is 0 Å². The van der Waals surface area contributed by atoms with E-state index in [0.29, 0.717) is 66.5 Å². The number of nitrogens with zero attached hydrogens (tertiary/aromatic N) is 4. The van der Waals surface area contributed by atoms with Crippen molar-refractivity contribution >= 4 is 32.5 Å². The molecule has 2 aromatic carbocycles. The lowest BCUT2D eigenvalue weighted by Crippen LogP contribution is -2.39. The van der Waals surface area contributed by atoms with Crippen LogP contribution < -0.4 is 15.2 Å². The van der Waals surface area contributed by atoms with Gasteiger partial charge in [-0.25, -0.2) is 40.0 Å². The molecule has 5 aromatic rings. The first-order chi connectivity index (χ1) is 23.9. The van der Waals surface area contributed by atoms with E-state index in [9.17, 15) is 30.8 Å². The van der Waals surface area contributed by atoms with Crippen LogP contribution in [-0.2, 0) is 10.0 Å². The molecule has 50 heavy (non-hydrogen) atoms. The number of nitrogens with one attached hydrogen (secondary N) is 1. The third kappa shape index (κ3) is 6.40. The van der Waals surface area contributed by atoms with E-state index in [0.717, 1.165) is 12.1 Å². The normalized spacial score (nSPS) is 16.0. The lowest BCUT2D eigenvalue weighted by Gasteiger charge is -2.32. The van der Waals surface area contributed by atoms with Gasteiger partial charge < -0.3 is 20.2 Å². The van der Waals surface area contributed by atoms with Gasteiger partial charge in [-0.15, -0.1) is 0 Å². The maximum atomic E-state index is 14.1. The van der Waals surface area contributed by atoms with Gasteiger partial charge in [-0.2, -0.15) is 5.10 Å². The summed E-state index contributed by atoms with van der Waals surface area (Å²) in [4.78, 5) is 20.9. The second-order valence-electron chi connectivity index (χ2n) is 12.4. The van der Waals surface area contributed by atoms with Crippen LogP contribution in [0.25, 0.3) is 16.6 Å². The van der Waals surface area contributed by atoms with E-state index in [4.69, 9.17) is 15.2 Å². The minimum absolute atomic E-state index is 0.00178. The van der Waals surface area contributed by atoms with Crippen LogP contribution in [-0.4, -0.2) is 69.6 Å². The van der Waals surface area contributed by atoms with E-state index < -0.39 is 46.2 Å². The number of rotatable bonds is 11. The zero-order valence-electron chi connectivity index (χ0n) is 26.7. The molecule has 0 bridgehead atoms. The summed E-state index contributed by atoms with van der Waals surface area (Å²) < 4.78 is 93.7. The van der Waals surface area contributed by atoms with Crippen molar-refractivity contribution in [2.45, 2.75) is 50.2 Å². The number of para-hydroxylation sites is 1. The Hall–Kier alpha value is -4.96. The highest BCUT2D eigenvalue weighted by atomic mass is 32.2. The molecule has 2 aliphatic rings. The molecule has 1 aliphatic carbocycles. The van der Waals surface area contributed by atoms with Crippen LogP contribution in [0.4, 0.5) is 23.4 Å². The van der Waals surface area contributed by atoms with Gasteiger partial charge in [-0.1, -0.05) is 6.07 Å². The highest BCUT2D eigenvalue weighted by Gasteiger charge is 2.41. The molecule has 3 aromatic heterocycles. The number of benzene rings is 2. The third-order valence-corrected chi connectivity index (χ3v) is 11.4. The first-order valence-electron chi connectivity index (χ1n) is 15.9. The number of nitrogens with two attached hydrogens (primary N) is 1. The first kappa shape index (κ1) is 33.5. The fourth-order valence-electron chi connectivity index (χ4n) is 6.25. The largest absolute Gasteiger partial charge is 0.487 e. The van der Waals surface area contributed by atoms with Crippen molar-refractivity contribution in [3.8, 4) is 23.1 Å². The van der Waals surface area contributed by atoms with Gasteiger partial charge in [0.15, 0.2) is 11.6 Å². The lowest BCUT2D eigenvalue weighted by atomic mass is 9.89. The Kier molecular flexibility index (Phi) is 8.76. The molecule has 4 heterocycles. The van der Waals surface area contributed by atoms with Crippen LogP contribution in [0.15, 0.2) is 54.9 Å². The minimum atomic E-state index is -3.32. The fraction of sp³-hybridized carbons (Fsp3) is 0.324. The van der Waals surface area contributed by atoms with Crippen LogP contribution in [0, 0.1) is 18.6 Å². The Morgan fingerprint density at radius 3 is 2.44 bits per heavy atom. The van der Waals surface area contributed by atoms with Gasteiger partial charge in [0.1, 0.15) is 18.2 Å². The average Bonchev–Trinajstić information content (AvgIpc) is 3.78. The van der Waals surface area contributed by atoms with Gasteiger partial charge in [0.25, 0.3) is 6.43 Å². The van der Waals surface area contributed by atoms with E-state index >= 15 is 0 Å². The molecule has 1 saturated carbocycles. The van der Waals surface area contributed by atoms with E-state index in [1.54, 1.807) is 25.1 Å². The zero-order chi connectivity index (χ0) is 35.3. The minimum Gasteiger partial charge on any atom is -0.487 e. The Morgan fingerprint density at radius 2 is 1.78 bits per heavy atom. The molecule has 7 rings (SSSR count). The zero-order valence-corrected chi connectivity index (χ0v) is 27.5. The second-order valence-corrected chi connectivity index (χ2v) is 14.6. The Balaban J connectivity index is 1.13. The molecule has 0 amide bonds. The number of ether oxygens (including phenoxy) is 2. The Bertz CT molecular complexity index is 2190. The van der Waals surface area contributed by atoms with Crippen molar-refractivity contribution in [1.82, 2.24) is 24.1 Å². The number of hydrogen-bond acceptors (Lipinski definition) is 8. The molecule has 0 radical (unpaired) electrons. The number of hydrogen-bond donors (Lipinski definition) is 2. The van der Waals surface area contributed by atoms with Crippen LogP contribution >= 0.6 is 0 Å². The summed E-state index contributed by atoms with van der Waals surface area (Å²) in [5.74, 6) is -2.82. The number of fused-ring (bicyclic) bond motifs is 1. The van der Waals surface area contributed by atoms with Crippen LogP contribution in [0.1, 0.15) is 58.8 Å². The quantitative estimate of drug-likeness (QED) is 0.121. The van der Waals surface area contributed by atoms with Crippen molar-refractivity contribution in [1.29, 1.82) is 0 Å². The number of carbonyl (C=O) groups excluding carboxylic acids is 1. The summed E-state index contributed by atoms with van der Waals surface area (Å²) in [5, 5.41) is 4.51. The van der Waals surface area contributed by atoms with Gasteiger partial charge in [-0.05, 0) is 80.0 Å². The number of pyridine rings is 1. The standard InChI is InChI=1S/C34H32F4N6O5S/c1-18-11-31(49-33-24(35)3-2-4-25(33)36)40-16-28(18)44-34(39)23(15-41-44)32(45)27-12-20-13-29(48-17-30(37)38)22(14-26(20)42-27)19-7-9-43(10-8-19)50(46,47)21-5-6-21/h2-4,11-16,19,21,30,42H,5-10,17,39H2,1H3. The summed E-state index contributed by atoms with van der Waals surface area (Å²) in [6, 6.07) is 9.72. The molecule has 1 saturated heterocycles. The lowest BCUT2D eigenvalue weighted by molar-refractivity contribution is 0.0811. The SMILES string of the molecule is Cc1cc(Oc2c(F)cccc2F)ncc1-n1ncc(C(=O)c2cc3cc(OCC(F)F)c(C4CCN(S(=O)(=O)C5CC5)CC4)cc3[nH]2)c1N. The molecule has 11 nitrogen and oxygen atoms in total. The van der Waals surface area contributed by atoms with E-state index in [1.165, 1.54) is 33.5 Å². The summed E-state index contributed by atoms with van der Waals surface area (Å²) in [6.07, 6.45) is 2.27. The first-order valence-corrected chi connectivity index (χ1v) is 17.4. The fourth-order valence-corrected chi connectivity index (χ4v) is 8.12. The number of H-pyrrole nitrogens is 1. The number of aryl methyl sites for hydroxylation is 1. The number of ketones is 1. The van der Waals surface area contributed by atoms with E-state index in [2.05, 4.69) is 15.1 Å². The molecule has 3 N–H and O–H groups in total. The summed E-state index contributed by atoms with van der Waals surface area (Å²) >= 11 is 0. The topological polar surface area (TPSA) is 145 Å². The molecule has 1 aliphatic heterocycles. The summed E-state index contributed by atoms with van der Waals surface area (Å²) in [6.45, 7) is 1.51. The number of piperidine rings is 1. The van der Waals surface area contributed by atoms with Gasteiger partial charge in [-0.3, -0.25) is 4.79 Å². The number of anilines is 1. The van der Waals surface area contributed by atoms with Gasteiger partial charge in [0, 0.05) is 30.1 Å². The van der Waals surface area contributed by atoms with Gasteiger partial charge >= 0.3 is 0 Å². The van der Waals surface area contributed by atoms with Crippen LogP contribution in [0.5, 0.6) is 17.4 Å². The number of aromatic nitrogens is 4. The molecular weight excluding hydrogens is 680 g/mol. The van der Waals surface area contributed by atoms with Crippen molar-refractivity contribution < 1.29 is 40.2 Å². The number of carbonyl (C=O) groups is 1. The van der Waals surface area contributed by atoms with Gasteiger partial charge in [0.2, 0.25) is 27.4 Å². The van der Waals surface area contributed by atoms with Crippen LogP contribution in [0.3, 0.4) is 0 Å². The second kappa shape index (κ2) is 13.1. The Labute approximate surface area is 284 Å². The maximum Gasteiger partial charge on any atom is 0.272 e. The van der Waals surface area contributed by atoms with Crippen molar-refractivity contribution in [2.24, 2.45) is 0 Å². The summed E-state index contributed by atoms with van der Waals surface area (Å²) in [5.41, 5.74) is 8.77. The smallest absolute Gasteiger partial charge is 0.272 e. The highest BCUT2D eigenvalue weighted by Crippen LogP contribution is 2.40. The van der Waals surface area contributed by atoms with Crippen molar-refractivity contribution in [3.05, 3.63) is 88.9 Å². The molecule has 0 spiro atoms. The van der Waals surface area contributed by atoms with Crippen LogP contribution in [0.2, 0.25) is 0 Å². The predicted molar refractivity (Wildman–Crippen MR) is 176 cm³/mol. The number of nitrogen functional groups attached to an aromatic ring is 1. The number of aromatic amines is 1. The average molecular weight is 713 g/mol. The van der Waals surface area contributed by atoms with Crippen molar-refractivity contribution in [2.75, 3.05) is 25.4 Å². The molecule has 16 heteroatoms. The molecular formula is C34H32F4N6O5S.